The van der Waals surface area contributed by atoms with E-state index in [9.17, 15) is 18.0 Å². The minimum Gasteiger partial charge on any atom is -0.311 e. The van der Waals surface area contributed by atoms with Crippen molar-refractivity contribution >= 4 is 11.6 Å². The molecule has 1 aromatic rings. The lowest BCUT2D eigenvalue weighted by molar-refractivity contribution is -0.145. The number of nitrogens with zero attached hydrogens (tertiary/aromatic N) is 3. The zero-order valence-corrected chi connectivity index (χ0v) is 15.1. The van der Waals surface area contributed by atoms with Crippen molar-refractivity contribution in [2.45, 2.75) is 38.4 Å². The van der Waals surface area contributed by atoms with Crippen LogP contribution in [0.15, 0.2) is 24.3 Å². The fourth-order valence-electron chi connectivity index (χ4n) is 3.89. The van der Waals surface area contributed by atoms with Crippen LogP contribution < -0.4 is 4.90 Å². The third-order valence-corrected chi connectivity index (χ3v) is 5.22. The van der Waals surface area contributed by atoms with Crippen molar-refractivity contribution in [2.75, 3.05) is 44.2 Å². The van der Waals surface area contributed by atoms with Gasteiger partial charge in [0.1, 0.15) is 0 Å². The highest BCUT2D eigenvalue weighted by Crippen LogP contribution is 2.25. The van der Waals surface area contributed by atoms with Gasteiger partial charge in [-0.05, 0) is 44.9 Å². The van der Waals surface area contributed by atoms with Crippen LogP contribution >= 0.6 is 0 Å². The van der Waals surface area contributed by atoms with Crippen molar-refractivity contribution in [3.63, 3.8) is 0 Å². The van der Waals surface area contributed by atoms with Crippen LogP contribution in [0.4, 0.5) is 18.9 Å². The Kier molecular flexibility index (Phi) is 5.87. The van der Waals surface area contributed by atoms with E-state index in [4.69, 9.17) is 0 Å². The maximum atomic E-state index is 13.0. The van der Waals surface area contributed by atoms with Crippen LogP contribution in [0, 0.1) is 6.92 Å². The Morgan fingerprint density at radius 3 is 2.42 bits per heavy atom. The van der Waals surface area contributed by atoms with Crippen molar-refractivity contribution in [3.05, 3.63) is 29.8 Å². The zero-order valence-electron chi connectivity index (χ0n) is 15.1. The molecule has 0 saturated carbocycles. The van der Waals surface area contributed by atoms with Crippen LogP contribution in [0.1, 0.15) is 24.8 Å². The normalized spacial score (nSPS) is 23.9. The summed E-state index contributed by atoms with van der Waals surface area (Å²) in [5.74, 6) is 0.0735. The Morgan fingerprint density at radius 2 is 1.73 bits per heavy atom. The van der Waals surface area contributed by atoms with E-state index >= 15 is 0 Å². The maximum absolute atomic E-state index is 13.0. The van der Waals surface area contributed by atoms with Gasteiger partial charge < -0.3 is 4.90 Å². The Labute approximate surface area is 152 Å². The van der Waals surface area contributed by atoms with Crippen LogP contribution in [-0.2, 0) is 4.79 Å². The number of carbonyl (C=O) groups excluding carboxylic acids is 1. The number of halogens is 3. The summed E-state index contributed by atoms with van der Waals surface area (Å²) in [4.78, 5) is 18.4. The van der Waals surface area contributed by atoms with Gasteiger partial charge in [0.05, 0.1) is 12.6 Å². The molecule has 2 fully saturated rings. The first-order chi connectivity index (χ1) is 12.3. The lowest BCUT2D eigenvalue weighted by atomic mass is 10.0. The van der Waals surface area contributed by atoms with Gasteiger partial charge in [-0.3, -0.25) is 14.6 Å². The summed E-state index contributed by atoms with van der Waals surface area (Å²) in [6.07, 6.45) is -1.82. The number of hydrogen-bond acceptors (Lipinski definition) is 3. The molecular weight excluding hydrogens is 343 g/mol. The number of piperidine rings is 1. The minimum absolute atomic E-state index is 0.0735. The quantitative estimate of drug-likeness (QED) is 0.819. The third-order valence-electron chi connectivity index (χ3n) is 5.22. The van der Waals surface area contributed by atoms with Gasteiger partial charge in [0.15, 0.2) is 0 Å². The standard InChI is InChI=1S/C19H26F3N3O/c1-15-5-7-16(8-6-15)25-11-2-4-17(18(25)26)24-10-3-9-23(12-13-24)14-19(20,21)22/h5-8,17H,2-4,9-14H2,1H3. The molecule has 1 amide bonds. The summed E-state index contributed by atoms with van der Waals surface area (Å²) in [5.41, 5.74) is 2.05. The smallest absolute Gasteiger partial charge is 0.311 e. The Morgan fingerprint density at radius 1 is 1.00 bits per heavy atom. The van der Waals surface area contributed by atoms with Gasteiger partial charge in [0, 0.05) is 31.9 Å². The second-order valence-electron chi connectivity index (χ2n) is 7.26. The highest BCUT2D eigenvalue weighted by atomic mass is 19.4. The van der Waals surface area contributed by atoms with E-state index in [1.165, 1.54) is 4.90 Å². The van der Waals surface area contributed by atoms with E-state index in [0.717, 1.165) is 24.1 Å². The van der Waals surface area contributed by atoms with Gasteiger partial charge in [-0.15, -0.1) is 0 Å². The number of amides is 1. The summed E-state index contributed by atoms with van der Waals surface area (Å²) in [6, 6.07) is 7.68. The minimum atomic E-state index is -4.17. The average molecular weight is 369 g/mol. The molecule has 4 nitrogen and oxygen atoms in total. The molecule has 3 rings (SSSR count). The average Bonchev–Trinajstić information content (AvgIpc) is 2.80. The van der Waals surface area contributed by atoms with Crippen LogP contribution in [0.5, 0.6) is 0 Å². The van der Waals surface area contributed by atoms with Gasteiger partial charge in [0.25, 0.3) is 0 Å². The molecule has 1 atom stereocenters. The lowest BCUT2D eigenvalue weighted by Gasteiger charge is -2.38. The van der Waals surface area contributed by atoms with E-state index in [-0.39, 0.29) is 11.9 Å². The first-order valence-electron chi connectivity index (χ1n) is 9.25. The van der Waals surface area contributed by atoms with Gasteiger partial charge in [-0.25, -0.2) is 0 Å². The van der Waals surface area contributed by atoms with Gasteiger partial charge in [0.2, 0.25) is 5.91 Å². The first kappa shape index (κ1) is 19.2. The summed E-state index contributed by atoms with van der Waals surface area (Å²) in [5, 5.41) is 0. The predicted octanol–water partition coefficient (Wildman–Crippen LogP) is 3.06. The zero-order chi connectivity index (χ0) is 18.7. The molecule has 0 radical (unpaired) electrons. The predicted molar refractivity (Wildman–Crippen MR) is 95.2 cm³/mol. The molecule has 0 aliphatic carbocycles. The number of rotatable bonds is 3. The molecule has 0 spiro atoms. The molecule has 144 valence electrons. The molecule has 2 saturated heterocycles. The van der Waals surface area contributed by atoms with Crippen molar-refractivity contribution in [2.24, 2.45) is 0 Å². The lowest BCUT2D eigenvalue weighted by Crippen LogP contribution is -2.53. The summed E-state index contributed by atoms with van der Waals surface area (Å²) >= 11 is 0. The third kappa shape index (κ3) is 4.76. The molecule has 0 N–H and O–H groups in total. The largest absolute Gasteiger partial charge is 0.401 e. The van der Waals surface area contributed by atoms with Crippen LogP contribution in [0.3, 0.4) is 0 Å². The highest BCUT2D eigenvalue weighted by molar-refractivity contribution is 5.97. The van der Waals surface area contributed by atoms with Crippen LogP contribution in [0.2, 0.25) is 0 Å². The van der Waals surface area contributed by atoms with E-state index in [1.54, 1.807) is 0 Å². The molecule has 26 heavy (non-hydrogen) atoms. The van der Waals surface area contributed by atoms with Crippen molar-refractivity contribution in [3.8, 4) is 0 Å². The molecule has 2 aliphatic heterocycles. The monoisotopic (exact) mass is 369 g/mol. The SMILES string of the molecule is Cc1ccc(N2CCCC(N3CCCN(CC(F)(F)F)CC3)C2=O)cc1. The van der Waals surface area contributed by atoms with Crippen LogP contribution in [0.25, 0.3) is 0 Å². The number of aryl methyl sites for hydroxylation is 1. The Bertz CT molecular complexity index is 617. The number of carbonyl (C=O) groups is 1. The van der Waals surface area contributed by atoms with Crippen molar-refractivity contribution in [1.82, 2.24) is 9.80 Å². The van der Waals surface area contributed by atoms with E-state index in [1.807, 2.05) is 36.1 Å². The maximum Gasteiger partial charge on any atom is 0.401 e. The second-order valence-corrected chi connectivity index (χ2v) is 7.26. The molecule has 1 unspecified atom stereocenters. The topological polar surface area (TPSA) is 26.8 Å². The highest BCUT2D eigenvalue weighted by Gasteiger charge is 2.36. The molecular formula is C19H26F3N3O. The van der Waals surface area contributed by atoms with Gasteiger partial charge in [-0.2, -0.15) is 13.2 Å². The summed E-state index contributed by atoms with van der Waals surface area (Å²) in [6.45, 7) is 3.81. The van der Waals surface area contributed by atoms with E-state index in [2.05, 4.69) is 4.90 Å². The molecule has 1 aromatic carbocycles. The van der Waals surface area contributed by atoms with Gasteiger partial charge >= 0.3 is 6.18 Å². The molecule has 2 aliphatic rings. The summed E-state index contributed by atoms with van der Waals surface area (Å²) in [7, 11) is 0. The van der Waals surface area contributed by atoms with Gasteiger partial charge in [-0.1, -0.05) is 17.7 Å². The molecule has 0 bridgehead atoms. The molecule has 2 heterocycles. The fraction of sp³-hybridized carbons (Fsp3) is 0.632. The Balaban J connectivity index is 1.65. The number of hydrogen-bond donors (Lipinski definition) is 0. The fourth-order valence-corrected chi connectivity index (χ4v) is 3.89. The molecule has 7 heteroatoms. The van der Waals surface area contributed by atoms with E-state index < -0.39 is 12.7 Å². The van der Waals surface area contributed by atoms with Crippen molar-refractivity contribution in [1.29, 1.82) is 0 Å². The van der Waals surface area contributed by atoms with Crippen molar-refractivity contribution < 1.29 is 18.0 Å². The number of benzene rings is 1. The first-order valence-corrected chi connectivity index (χ1v) is 9.25. The van der Waals surface area contributed by atoms with Crippen LogP contribution in [-0.4, -0.2) is 67.2 Å². The summed E-state index contributed by atoms with van der Waals surface area (Å²) < 4.78 is 37.9. The molecule has 0 aromatic heterocycles. The second kappa shape index (κ2) is 7.96. The number of alkyl halides is 3. The van der Waals surface area contributed by atoms with E-state index in [0.29, 0.717) is 39.1 Å². The number of anilines is 1. The Hall–Kier alpha value is -1.60.